The van der Waals surface area contributed by atoms with E-state index in [1.807, 2.05) is 0 Å². The molecular formula is CH8CaI3NPbTi. The third-order valence-corrected chi connectivity index (χ3v) is 0. The minimum Gasteiger partial charge on any atom is 0 e. The van der Waals surface area contributed by atoms with E-state index in [9.17, 15) is 0 Å². The van der Waals surface area contributed by atoms with Crippen molar-refractivity contribution in [3.8, 4) is 0 Å². The smallest absolute Gasteiger partial charge is 0 e. The van der Waals surface area contributed by atoms with Gasteiger partial charge in [0.2, 0.25) is 0 Å². The molecule has 0 atom stereocenters. The molecule has 1 nitrogen and oxygen atoms in total. The van der Waals surface area contributed by atoms with Gasteiger partial charge in [-0.25, -0.2) is 0 Å². The first-order valence-corrected chi connectivity index (χ1v) is 39.1. The first-order valence-electron chi connectivity index (χ1n) is 1.23. The molecule has 8 heavy (non-hydrogen) atoms. The van der Waals surface area contributed by atoms with Gasteiger partial charge in [0.25, 0.3) is 0 Å². The molecule has 48 valence electrons. The van der Waals surface area contributed by atoms with E-state index in [0.717, 1.165) is 0 Å². The predicted molar refractivity (Wildman–Crippen MR) is 67.9 cm³/mol. The number of nitrogens with two attached hydrogens (primary N) is 1. The van der Waals surface area contributed by atoms with Crippen LogP contribution in [0.25, 0.3) is 0 Å². The van der Waals surface area contributed by atoms with Crippen LogP contribution in [-0.4, -0.2) is 54.6 Å². The summed E-state index contributed by atoms with van der Waals surface area (Å²) in [5, 5.41) is 0. The summed E-state index contributed by atoms with van der Waals surface area (Å²) in [4.78, 5) is 0. The summed E-state index contributed by atoms with van der Waals surface area (Å²) >= 11 is 7.62. The Kier molecular flexibility index (Phi) is 65.7. The van der Waals surface area contributed by atoms with Crippen molar-refractivity contribution in [1.82, 2.24) is 0 Å². The van der Waals surface area contributed by atoms with E-state index in [1.54, 1.807) is 0 Å². The van der Waals surface area contributed by atoms with Gasteiger partial charge < -0.3 is 5.73 Å². The van der Waals surface area contributed by atoms with Crippen LogP contribution >= 0.6 is 53.3 Å². The molecule has 0 aliphatic heterocycles. The molecule has 0 aliphatic carbocycles. The van der Waals surface area contributed by atoms with Gasteiger partial charge >= 0.3 is 101 Å². The molecule has 0 rings (SSSR count). The Morgan fingerprint density at radius 1 is 1.12 bits per heavy atom. The third-order valence-electron chi connectivity index (χ3n) is 0. The van der Waals surface area contributed by atoms with Crippen LogP contribution in [0.2, 0.25) is 0 Å². The quantitative estimate of drug-likeness (QED) is 0.291. The van der Waals surface area contributed by atoms with Crippen molar-refractivity contribution < 1.29 is 21.7 Å². The van der Waals surface area contributed by atoms with Crippen LogP contribution in [0.4, 0.5) is 0 Å². The van der Waals surface area contributed by atoms with Crippen molar-refractivity contribution >= 4 is 101 Å². The fourth-order valence-electron chi connectivity index (χ4n) is 0. The Hall–Kier alpha value is 5.05. The zero-order valence-corrected chi connectivity index (χ0v) is 16.3. The number of rotatable bonds is 0. The second-order valence-corrected chi connectivity index (χ2v) is 97.7. The van der Waals surface area contributed by atoms with Gasteiger partial charge in [0.15, 0.2) is 0 Å². The van der Waals surface area contributed by atoms with E-state index >= 15 is 0 Å². The van der Waals surface area contributed by atoms with E-state index in [4.69, 9.17) is 0 Å². The van der Waals surface area contributed by atoms with Crippen LogP contribution < -0.4 is 5.73 Å². The molecule has 0 aliphatic rings. The minimum atomic E-state index is -0.812. The average molecular weight is 710 g/mol. The number of hydrogen-bond donors (Lipinski definition) is 1. The topological polar surface area (TPSA) is 26.0 Å². The Morgan fingerprint density at radius 3 is 1.12 bits per heavy atom. The van der Waals surface area contributed by atoms with E-state index in [1.165, 1.54) is 7.05 Å². The molecule has 0 radical (unpaired) electrons. The first-order chi connectivity index (χ1) is 2.73. The van der Waals surface area contributed by atoms with E-state index < -0.39 is 9.82 Å². The molecule has 0 aromatic heterocycles. The van der Waals surface area contributed by atoms with E-state index in [-0.39, 0.29) is 59.5 Å². The minimum absolute atomic E-state index is 0. The summed E-state index contributed by atoms with van der Waals surface area (Å²) < 4.78 is 0. The van der Waals surface area contributed by atoms with Crippen LogP contribution in [0.5, 0.6) is 0 Å². The third kappa shape index (κ3) is 43.8. The first kappa shape index (κ1) is 23.1. The molecule has 7 heteroatoms. The second-order valence-electron chi connectivity index (χ2n) is 0.247. The van der Waals surface area contributed by atoms with Crippen LogP contribution in [0.15, 0.2) is 0 Å². The summed E-state index contributed by atoms with van der Waals surface area (Å²) in [6.45, 7) is 0. The zero-order valence-electron chi connectivity index (χ0n) is 3.79. The average Bonchev–Trinajstić information content (AvgIpc) is 1.41. The fraction of sp³-hybridized carbons (Fsp3) is 1.00. The Labute approximate surface area is 131 Å². The fourth-order valence-corrected chi connectivity index (χ4v) is 0. The molecule has 0 heterocycles. The Morgan fingerprint density at radius 2 is 1.12 bits per heavy atom. The predicted octanol–water partition coefficient (Wildman–Crippen LogP) is 0.665. The van der Waals surface area contributed by atoms with Gasteiger partial charge in [-0.15, -0.1) is 0 Å². The van der Waals surface area contributed by atoms with Crippen molar-refractivity contribution in [2.45, 2.75) is 0 Å². The summed E-state index contributed by atoms with van der Waals surface area (Å²) in [5.74, 6) is 0. The molecule has 0 bridgehead atoms. The maximum absolute atomic E-state index is 4.50. The van der Waals surface area contributed by atoms with Gasteiger partial charge in [0.1, 0.15) is 0 Å². The van der Waals surface area contributed by atoms with Gasteiger partial charge in [-0.1, -0.05) is 0 Å². The second kappa shape index (κ2) is 22.7. The Balaban J connectivity index is -0.0000000183. The van der Waals surface area contributed by atoms with Crippen molar-refractivity contribution in [3.05, 3.63) is 0 Å². The maximum atomic E-state index is 4.50. The number of halogens is 3. The summed E-state index contributed by atoms with van der Waals surface area (Å²) in [7, 11) is 0.688. The van der Waals surface area contributed by atoms with Crippen molar-refractivity contribution in [2.24, 2.45) is 5.73 Å². The van der Waals surface area contributed by atoms with E-state index in [0.29, 0.717) is 0 Å². The van der Waals surface area contributed by atoms with E-state index in [2.05, 4.69) is 59.0 Å². The molecule has 0 unspecified atom stereocenters. The monoisotopic (exact) mass is 711 g/mol. The molecule has 0 aromatic carbocycles. The molecule has 2 N–H and O–H groups in total. The standard InChI is InChI=1S/CH5N.Ca.3HI.Pb.Ti.3H/c1-2;;;;;;;;;/h2H2,1H3;;3*1H;;;;;/q;;;;;+3;;;;/p-3. The molecule has 0 saturated heterocycles. The van der Waals surface area contributed by atoms with Crippen molar-refractivity contribution in [2.75, 3.05) is 7.05 Å². The molecule has 0 amide bonds. The van der Waals surface area contributed by atoms with Crippen LogP contribution in [-0.2, 0) is 21.7 Å². The van der Waals surface area contributed by atoms with Gasteiger partial charge in [0.05, 0.1) is 0 Å². The van der Waals surface area contributed by atoms with Gasteiger partial charge in [-0.2, -0.15) is 0 Å². The summed E-state index contributed by atoms with van der Waals surface area (Å²) in [6, 6.07) is 0. The van der Waals surface area contributed by atoms with Gasteiger partial charge in [-0.3, -0.25) is 0 Å². The Bertz CT molecular complexity index is 24.0. The van der Waals surface area contributed by atoms with Crippen LogP contribution in [0, 0.1) is 0 Å². The number of hydrogen-bond acceptors (Lipinski definition) is 1. The SMILES string of the molecule is CN.[CaH2].[I][PbH]([I])[I].[Ti]. The van der Waals surface area contributed by atoms with Gasteiger partial charge in [-0.05, 0) is 7.05 Å². The molecule has 0 aromatic rings. The van der Waals surface area contributed by atoms with Crippen molar-refractivity contribution in [1.29, 1.82) is 0 Å². The molecule has 0 fully saturated rings. The molecule has 0 saturated carbocycles. The normalized spacial score (nSPS) is 5.25. The van der Waals surface area contributed by atoms with Crippen LogP contribution in [0.1, 0.15) is 0 Å². The van der Waals surface area contributed by atoms with Crippen LogP contribution in [0.3, 0.4) is 0 Å². The summed E-state index contributed by atoms with van der Waals surface area (Å²) in [5.41, 5.74) is 4.50. The summed E-state index contributed by atoms with van der Waals surface area (Å²) in [6.07, 6.45) is 0. The zero-order chi connectivity index (χ0) is 5.58. The largest absolute Gasteiger partial charge is 0 e. The molecule has 0 spiro atoms. The maximum Gasteiger partial charge on any atom is 0 e. The molecular weight excluding hydrogens is 702 g/mol. The van der Waals surface area contributed by atoms with Gasteiger partial charge in [0, 0.05) is 21.7 Å². The van der Waals surface area contributed by atoms with Crippen molar-refractivity contribution in [3.63, 3.8) is 0 Å².